The third-order valence-electron chi connectivity index (χ3n) is 6.97. The van der Waals surface area contributed by atoms with E-state index in [-0.39, 0.29) is 5.56 Å². The van der Waals surface area contributed by atoms with Crippen LogP contribution in [-0.2, 0) is 13.5 Å². The topological polar surface area (TPSA) is 24.3 Å². The summed E-state index contributed by atoms with van der Waals surface area (Å²) in [5.41, 5.74) is 9.57. The largest absolute Gasteiger partial charge is 0.377 e. The van der Waals surface area contributed by atoms with Crippen molar-refractivity contribution >= 4 is 34.4 Å². The number of anilines is 3. The van der Waals surface area contributed by atoms with Crippen LogP contribution in [0.3, 0.4) is 0 Å². The van der Waals surface area contributed by atoms with Crippen LogP contribution in [-0.4, -0.2) is 41.9 Å². The summed E-state index contributed by atoms with van der Waals surface area (Å²) in [5, 5.41) is 4.20. The maximum absolute atomic E-state index is 14.3. The lowest BCUT2D eigenvalue weighted by molar-refractivity contribution is 0.152. The van der Waals surface area contributed by atoms with Gasteiger partial charge in [-0.05, 0) is 78.5 Å². The molecule has 0 saturated heterocycles. The van der Waals surface area contributed by atoms with Crippen molar-refractivity contribution in [2.75, 3.05) is 41.9 Å². The summed E-state index contributed by atoms with van der Waals surface area (Å²) in [6.45, 7) is 2.97. The van der Waals surface area contributed by atoms with Gasteiger partial charge >= 0.3 is 0 Å². The molecule has 0 bridgehead atoms. The number of nitrogens with zero attached hydrogens (tertiary/aromatic N) is 4. The van der Waals surface area contributed by atoms with Crippen LogP contribution in [0.15, 0.2) is 42.7 Å². The molecule has 0 N–H and O–H groups in total. The Hall–Kier alpha value is -2.80. The Labute approximate surface area is 210 Å². The van der Waals surface area contributed by atoms with E-state index in [0.717, 1.165) is 59.8 Å². The van der Waals surface area contributed by atoms with Crippen molar-refractivity contribution < 1.29 is 8.78 Å². The van der Waals surface area contributed by atoms with Gasteiger partial charge in [0, 0.05) is 73.4 Å². The van der Waals surface area contributed by atoms with Crippen molar-refractivity contribution in [1.82, 2.24) is 9.78 Å². The van der Waals surface area contributed by atoms with Gasteiger partial charge in [-0.3, -0.25) is 4.68 Å². The summed E-state index contributed by atoms with van der Waals surface area (Å²) in [5.74, 6) is 2.16. The molecule has 2 aromatic carbocycles. The molecule has 3 heterocycles. The number of alkyl halides is 2. The summed E-state index contributed by atoms with van der Waals surface area (Å²) in [6.07, 6.45) is 6.18. The Kier molecular flexibility index (Phi) is 6.62. The van der Waals surface area contributed by atoms with Crippen molar-refractivity contribution in [3.05, 3.63) is 65.0 Å². The number of allylic oxidation sites excluding steroid dienone is 1. The summed E-state index contributed by atoms with van der Waals surface area (Å²) in [6, 6.07) is 8.16. The van der Waals surface area contributed by atoms with Gasteiger partial charge in [0.1, 0.15) is 0 Å². The van der Waals surface area contributed by atoms with Gasteiger partial charge in [0.05, 0.1) is 6.20 Å². The van der Waals surface area contributed by atoms with Gasteiger partial charge in [-0.15, -0.1) is 0 Å². The van der Waals surface area contributed by atoms with Crippen LogP contribution in [0.2, 0.25) is 0 Å². The summed E-state index contributed by atoms with van der Waals surface area (Å²) in [7, 11) is 5.99. The molecule has 0 saturated carbocycles. The molecule has 4 nitrogen and oxygen atoms in total. The van der Waals surface area contributed by atoms with Gasteiger partial charge in [0.15, 0.2) is 0 Å². The molecule has 0 aliphatic carbocycles. The van der Waals surface area contributed by atoms with Crippen LogP contribution in [0.5, 0.6) is 0 Å². The number of hydrogen-bond acceptors (Lipinski definition) is 4. The Balaban J connectivity index is 1.64. The highest BCUT2D eigenvalue weighted by atomic mass is 32.2. The second kappa shape index (κ2) is 9.69. The molecule has 35 heavy (non-hydrogen) atoms. The van der Waals surface area contributed by atoms with Crippen LogP contribution in [0, 0.1) is 6.92 Å². The van der Waals surface area contributed by atoms with Gasteiger partial charge in [0.2, 0.25) is 0 Å². The first kappa shape index (κ1) is 23.9. The summed E-state index contributed by atoms with van der Waals surface area (Å²) < 4.78 is 30.2. The fourth-order valence-electron chi connectivity index (χ4n) is 5.43. The zero-order valence-electron chi connectivity index (χ0n) is 20.8. The smallest absolute Gasteiger partial charge is 0.264 e. The molecule has 2 aliphatic heterocycles. The number of aryl methyl sites for hydroxylation is 3. The standard InChI is InChI=1S/C28H32F2N4S/c1-18-12-22(14-24(27(18)32(2)3)19-7-10-35-11-8-19)34-9-5-6-20-13-23(21-16-31-33(4)17-21)25(28(29)30)15-26(20)34/h7,12-17,28H,5-6,8-11H2,1-4H3. The molecule has 2 aliphatic rings. The Bertz CT molecular complexity index is 1280. The zero-order valence-corrected chi connectivity index (χ0v) is 21.6. The molecule has 1 aromatic heterocycles. The third kappa shape index (κ3) is 4.58. The quantitative estimate of drug-likeness (QED) is 0.381. The number of thioether (sulfide) groups is 1. The number of aromatic nitrogens is 2. The highest BCUT2D eigenvalue weighted by molar-refractivity contribution is 7.99. The second-order valence-corrected chi connectivity index (χ2v) is 10.8. The first-order valence-corrected chi connectivity index (χ1v) is 13.3. The minimum Gasteiger partial charge on any atom is -0.377 e. The molecule has 0 fully saturated rings. The number of rotatable bonds is 5. The molecule has 0 atom stereocenters. The second-order valence-electron chi connectivity index (χ2n) is 9.63. The number of halogens is 2. The lowest BCUT2D eigenvalue weighted by atomic mass is 9.91. The van der Waals surface area contributed by atoms with Crippen molar-refractivity contribution in [2.24, 2.45) is 7.05 Å². The van der Waals surface area contributed by atoms with Crippen molar-refractivity contribution in [2.45, 2.75) is 32.6 Å². The van der Waals surface area contributed by atoms with E-state index in [2.05, 4.69) is 54.1 Å². The first-order valence-electron chi connectivity index (χ1n) is 12.1. The fourth-order valence-corrected chi connectivity index (χ4v) is 6.28. The van der Waals surface area contributed by atoms with E-state index in [9.17, 15) is 8.78 Å². The van der Waals surface area contributed by atoms with Crippen LogP contribution >= 0.6 is 11.8 Å². The normalized spacial score (nSPS) is 15.9. The summed E-state index contributed by atoms with van der Waals surface area (Å²) >= 11 is 1.96. The highest BCUT2D eigenvalue weighted by Crippen LogP contribution is 2.44. The lowest BCUT2D eigenvalue weighted by Gasteiger charge is -2.34. The number of hydrogen-bond donors (Lipinski definition) is 0. The SMILES string of the molecule is Cc1cc(N2CCCc3cc(-c4cnn(C)c4)c(C(F)F)cc32)cc(C2=CCSCC2)c1N(C)C. The van der Waals surface area contributed by atoms with Crippen LogP contribution in [0.1, 0.15) is 41.5 Å². The van der Waals surface area contributed by atoms with Crippen molar-refractivity contribution in [3.8, 4) is 11.1 Å². The first-order chi connectivity index (χ1) is 16.8. The molecule has 0 spiro atoms. The fraction of sp³-hybridized carbons (Fsp3) is 0.393. The number of benzene rings is 2. The predicted molar refractivity (Wildman–Crippen MR) is 144 cm³/mol. The van der Waals surface area contributed by atoms with Crippen molar-refractivity contribution in [3.63, 3.8) is 0 Å². The van der Waals surface area contributed by atoms with Gasteiger partial charge in [-0.25, -0.2) is 8.78 Å². The van der Waals surface area contributed by atoms with Gasteiger partial charge < -0.3 is 9.80 Å². The lowest BCUT2D eigenvalue weighted by Crippen LogP contribution is -2.25. The number of fused-ring (bicyclic) bond motifs is 1. The molecule has 0 unspecified atom stereocenters. The molecule has 5 rings (SSSR count). The monoisotopic (exact) mass is 494 g/mol. The van der Waals surface area contributed by atoms with E-state index in [1.807, 2.05) is 24.9 Å². The Morgan fingerprint density at radius 3 is 2.57 bits per heavy atom. The van der Waals surface area contributed by atoms with E-state index in [1.165, 1.54) is 22.4 Å². The highest BCUT2D eigenvalue weighted by Gasteiger charge is 2.26. The van der Waals surface area contributed by atoms with Crippen LogP contribution in [0.4, 0.5) is 25.8 Å². The minimum absolute atomic E-state index is 0.0671. The molecular weight excluding hydrogens is 462 g/mol. The van der Waals surface area contributed by atoms with Gasteiger partial charge in [0.25, 0.3) is 6.43 Å². The van der Waals surface area contributed by atoms with E-state index < -0.39 is 6.43 Å². The third-order valence-corrected chi connectivity index (χ3v) is 7.87. The Morgan fingerprint density at radius 1 is 1.09 bits per heavy atom. The molecule has 0 amide bonds. The van der Waals surface area contributed by atoms with Gasteiger partial charge in [-0.1, -0.05) is 6.08 Å². The van der Waals surface area contributed by atoms with Crippen LogP contribution < -0.4 is 9.80 Å². The molecule has 0 radical (unpaired) electrons. The van der Waals surface area contributed by atoms with Gasteiger partial charge in [-0.2, -0.15) is 16.9 Å². The maximum atomic E-state index is 14.3. The van der Waals surface area contributed by atoms with E-state index in [0.29, 0.717) is 5.56 Å². The van der Waals surface area contributed by atoms with E-state index >= 15 is 0 Å². The predicted octanol–water partition coefficient (Wildman–Crippen LogP) is 7.00. The average Bonchev–Trinajstić information content (AvgIpc) is 3.28. The minimum atomic E-state index is -2.56. The van der Waals surface area contributed by atoms with E-state index in [1.54, 1.807) is 23.1 Å². The molecular formula is C28H32F2N4S. The summed E-state index contributed by atoms with van der Waals surface area (Å²) in [4.78, 5) is 4.43. The zero-order chi connectivity index (χ0) is 24.7. The maximum Gasteiger partial charge on any atom is 0.264 e. The molecule has 3 aromatic rings. The molecule has 7 heteroatoms. The van der Waals surface area contributed by atoms with Crippen molar-refractivity contribution in [1.29, 1.82) is 0 Å². The average molecular weight is 495 g/mol. The van der Waals surface area contributed by atoms with Crippen LogP contribution in [0.25, 0.3) is 16.7 Å². The Morgan fingerprint density at radius 2 is 1.91 bits per heavy atom. The van der Waals surface area contributed by atoms with E-state index in [4.69, 9.17) is 0 Å². The molecule has 184 valence electrons.